The zero-order valence-corrected chi connectivity index (χ0v) is 9.71. The van der Waals surface area contributed by atoms with Crippen LogP contribution in [0.5, 0.6) is 0 Å². The van der Waals surface area contributed by atoms with Crippen molar-refractivity contribution in [2.24, 2.45) is 0 Å². The van der Waals surface area contributed by atoms with Crippen molar-refractivity contribution >= 4 is 43.5 Å². The summed E-state index contributed by atoms with van der Waals surface area (Å²) in [5.41, 5.74) is 1.29. The van der Waals surface area contributed by atoms with E-state index in [0.717, 1.165) is 21.2 Å². The van der Waals surface area contributed by atoms with E-state index in [2.05, 4.69) is 31.9 Å². The largest absolute Gasteiger partial charge is 0.0924 e. The van der Waals surface area contributed by atoms with E-state index in [1.165, 1.54) is 5.56 Å². The first kappa shape index (κ1) is 9.56. The molecule has 0 saturated carbocycles. The van der Waals surface area contributed by atoms with Gasteiger partial charge in [0, 0.05) is 9.80 Å². The molecule has 0 atom stereocenters. The minimum Gasteiger partial charge on any atom is -0.0924 e. The van der Waals surface area contributed by atoms with Crippen molar-refractivity contribution in [1.29, 1.82) is 0 Å². The monoisotopic (exact) mass is 296 g/mol. The molecule has 0 aromatic heterocycles. The third kappa shape index (κ3) is 2.77. The summed E-state index contributed by atoms with van der Waals surface area (Å²) >= 11 is 12.6. The van der Waals surface area contributed by atoms with Gasteiger partial charge in [0.25, 0.3) is 0 Å². The molecule has 0 aliphatic rings. The molecule has 0 aliphatic heterocycles. The minimum atomic E-state index is 0.767. The molecule has 1 aromatic carbocycles. The van der Waals surface area contributed by atoms with Crippen LogP contribution >= 0.6 is 43.5 Å². The lowest BCUT2D eigenvalue weighted by atomic mass is 10.2. The molecule has 0 amide bonds. The van der Waals surface area contributed by atoms with Crippen LogP contribution in [-0.2, 0) is 6.42 Å². The second kappa shape index (κ2) is 4.48. The van der Waals surface area contributed by atoms with Crippen LogP contribution in [0.4, 0.5) is 0 Å². The van der Waals surface area contributed by atoms with E-state index in [4.69, 9.17) is 11.6 Å². The number of halogens is 3. The van der Waals surface area contributed by atoms with E-state index >= 15 is 0 Å². The summed E-state index contributed by atoms with van der Waals surface area (Å²) < 4.78 is 0.970. The summed E-state index contributed by atoms with van der Waals surface area (Å²) in [6.45, 7) is 0. The Balaban J connectivity index is 2.86. The molecule has 0 saturated heterocycles. The number of alkyl halides is 1. The van der Waals surface area contributed by atoms with Crippen molar-refractivity contribution in [3.8, 4) is 0 Å². The fraction of sp³-hybridized carbons (Fsp3) is 0.250. The highest BCUT2D eigenvalue weighted by Gasteiger charge is 1.97. The number of rotatable bonds is 2. The van der Waals surface area contributed by atoms with Gasteiger partial charge in [-0.25, -0.2) is 0 Å². The van der Waals surface area contributed by atoms with Crippen molar-refractivity contribution in [3.05, 3.63) is 33.3 Å². The Labute approximate surface area is 88.2 Å². The van der Waals surface area contributed by atoms with E-state index < -0.39 is 0 Å². The normalized spacial score (nSPS) is 10.1. The van der Waals surface area contributed by atoms with Gasteiger partial charge >= 0.3 is 0 Å². The zero-order chi connectivity index (χ0) is 8.27. The molecule has 0 bridgehead atoms. The number of benzene rings is 1. The Morgan fingerprint density at radius 3 is 2.64 bits per heavy atom. The first-order valence-electron chi connectivity index (χ1n) is 3.24. The molecule has 3 heteroatoms. The van der Waals surface area contributed by atoms with Crippen molar-refractivity contribution in [1.82, 2.24) is 0 Å². The lowest BCUT2D eigenvalue weighted by Crippen LogP contribution is -1.84. The van der Waals surface area contributed by atoms with Crippen LogP contribution < -0.4 is 0 Å². The molecule has 0 spiro atoms. The number of aryl methyl sites for hydroxylation is 1. The summed E-state index contributed by atoms with van der Waals surface area (Å²) in [5, 5.41) is 1.75. The molecule has 0 fully saturated rings. The first-order chi connectivity index (χ1) is 5.24. The molecule has 11 heavy (non-hydrogen) atoms. The Kier molecular flexibility index (Phi) is 3.90. The fourth-order valence-corrected chi connectivity index (χ4v) is 1.81. The van der Waals surface area contributed by atoms with Crippen LogP contribution in [0.15, 0.2) is 22.7 Å². The van der Waals surface area contributed by atoms with E-state index in [-0.39, 0.29) is 0 Å². The average molecular weight is 298 g/mol. The maximum atomic E-state index is 5.82. The maximum Gasteiger partial charge on any atom is 0.0548 e. The van der Waals surface area contributed by atoms with Gasteiger partial charge in [-0.3, -0.25) is 0 Å². The Bertz CT molecular complexity index is 248. The molecule has 0 radical (unpaired) electrons. The summed E-state index contributed by atoms with van der Waals surface area (Å²) in [4.78, 5) is 0. The van der Waals surface area contributed by atoms with Crippen molar-refractivity contribution in [3.63, 3.8) is 0 Å². The van der Waals surface area contributed by atoms with E-state index in [1.54, 1.807) is 0 Å². The molecule has 0 aliphatic carbocycles. The Hall–Kier alpha value is 0.470. The zero-order valence-electron chi connectivity index (χ0n) is 5.78. The third-order valence-electron chi connectivity index (χ3n) is 1.37. The molecule has 1 aromatic rings. The van der Waals surface area contributed by atoms with E-state index in [9.17, 15) is 0 Å². The number of hydrogen-bond donors (Lipinski definition) is 0. The Morgan fingerprint density at radius 2 is 2.09 bits per heavy atom. The van der Waals surface area contributed by atoms with Gasteiger partial charge < -0.3 is 0 Å². The SMILES string of the molecule is Clc1ccc(CCBr)cc1Br. The fourth-order valence-electron chi connectivity index (χ4n) is 0.804. The van der Waals surface area contributed by atoms with Crippen LogP contribution in [-0.4, -0.2) is 5.33 Å². The lowest BCUT2D eigenvalue weighted by molar-refractivity contribution is 1.17. The quantitative estimate of drug-likeness (QED) is 0.723. The second-order valence-corrected chi connectivity index (χ2v) is 4.24. The smallest absolute Gasteiger partial charge is 0.0548 e. The van der Waals surface area contributed by atoms with Gasteiger partial charge in [0.15, 0.2) is 0 Å². The van der Waals surface area contributed by atoms with Gasteiger partial charge in [-0.1, -0.05) is 33.6 Å². The third-order valence-corrected chi connectivity index (χ3v) is 2.98. The van der Waals surface area contributed by atoms with Crippen LogP contribution in [0, 0.1) is 0 Å². The summed E-state index contributed by atoms with van der Waals surface area (Å²) in [6, 6.07) is 5.99. The standard InChI is InChI=1S/C8H7Br2Cl/c9-4-3-6-1-2-8(11)7(10)5-6/h1-2,5H,3-4H2. The van der Waals surface area contributed by atoms with Gasteiger partial charge in [0.2, 0.25) is 0 Å². The van der Waals surface area contributed by atoms with E-state index in [0.29, 0.717) is 0 Å². The predicted octanol–water partition coefficient (Wildman–Crippen LogP) is 4.04. The van der Waals surface area contributed by atoms with Gasteiger partial charge in [0.1, 0.15) is 0 Å². The van der Waals surface area contributed by atoms with Crippen molar-refractivity contribution in [2.75, 3.05) is 5.33 Å². The Morgan fingerprint density at radius 1 is 1.36 bits per heavy atom. The summed E-state index contributed by atoms with van der Waals surface area (Å²) in [7, 11) is 0. The van der Waals surface area contributed by atoms with E-state index in [1.807, 2.05) is 18.2 Å². The van der Waals surface area contributed by atoms with Crippen LogP contribution in [0.1, 0.15) is 5.56 Å². The van der Waals surface area contributed by atoms with Gasteiger partial charge in [-0.05, 0) is 40.0 Å². The molecule has 0 unspecified atom stereocenters. The molecule has 0 N–H and O–H groups in total. The van der Waals surface area contributed by atoms with Gasteiger partial charge in [-0.15, -0.1) is 0 Å². The molecule has 1 rings (SSSR count). The van der Waals surface area contributed by atoms with Crippen LogP contribution in [0.3, 0.4) is 0 Å². The lowest BCUT2D eigenvalue weighted by Gasteiger charge is -1.99. The highest BCUT2D eigenvalue weighted by atomic mass is 79.9. The van der Waals surface area contributed by atoms with Gasteiger partial charge in [-0.2, -0.15) is 0 Å². The minimum absolute atomic E-state index is 0.767. The van der Waals surface area contributed by atoms with Crippen LogP contribution in [0.25, 0.3) is 0 Å². The van der Waals surface area contributed by atoms with Crippen LogP contribution in [0.2, 0.25) is 5.02 Å². The first-order valence-corrected chi connectivity index (χ1v) is 5.53. The molecule has 0 heterocycles. The topological polar surface area (TPSA) is 0 Å². The maximum absolute atomic E-state index is 5.82. The summed E-state index contributed by atoms with van der Waals surface area (Å²) in [5.74, 6) is 0. The molecular formula is C8H7Br2Cl. The molecule has 0 nitrogen and oxygen atoms in total. The van der Waals surface area contributed by atoms with Crippen molar-refractivity contribution < 1.29 is 0 Å². The number of hydrogen-bond acceptors (Lipinski definition) is 0. The molecular weight excluding hydrogens is 291 g/mol. The average Bonchev–Trinajstić information content (AvgIpc) is 1.98. The highest BCUT2D eigenvalue weighted by Crippen LogP contribution is 2.23. The van der Waals surface area contributed by atoms with Crippen molar-refractivity contribution in [2.45, 2.75) is 6.42 Å². The predicted molar refractivity (Wildman–Crippen MR) is 56.7 cm³/mol. The second-order valence-electron chi connectivity index (χ2n) is 2.19. The summed E-state index contributed by atoms with van der Waals surface area (Å²) in [6.07, 6.45) is 1.04. The highest BCUT2D eigenvalue weighted by molar-refractivity contribution is 9.10. The van der Waals surface area contributed by atoms with Gasteiger partial charge in [0.05, 0.1) is 5.02 Å². The molecule has 60 valence electrons.